The molecule has 0 amide bonds. The number of aliphatic imine (C=N–C) groups is 1. The molecule has 0 aromatic heterocycles. The van der Waals surface area contributed by atoms with Gasteiger partial charge in [0.05, 0.1) is 6.54 Å². The van der Waals surface area contributed by atoms with Crippen molar-refractivity contribution >= 4 is 5.96 Å². The van der Waals surface area contributed by atoms with E-state index < -0.39 is 6.36 Å². The average molecular weight is 386 g/mol. The lowest BCUT2D eigenvalue weighted by atomic mass is 10.0. The summed E-state index contributed by atoms with van der Waals surface area (Å²) in [6.45, 7) is 9.18. The number of halogens is 3. The van der Waals surface area contributed by atoms with Crippen LogP contribution in [0.5, 0.6) is 5.75 Å². The molecule has 0 atom stereocenters. The van der Waals surface area contributed by atoms with E-state index in [1.807, 2.05) is 6.92 Å². The second-order valence-electron chi connectivity index (χ2n) is 6.90. The lowest BCUT2D eigenvalue weighted by molar-refractivity contribution is -0.274. The highest BCUT2D eigenvalue weighted by Gasteiger charge is 2.32. The van der Waals surface area contributed by atoms with Gasteiger partial charge < -0.3 is 20.3 Å². The van der Waals surface area contributed by atoms with Crippen LogP contribution in [0, 0.1) is 0 Å². The van der Waals surface area contributed by atoms with E-state index in [1.54, 1.807) is 12.1 Å². The molecule has 1 aromatic rings. The number of nitrogens with zero attached hydrogens (tertiary/aromatic N) is 2. The monoisotopic (exact) mass is 386 g/mol. The summed E-state index contributed by atoms with van der Waals surface area (Å²) in [6.07, 6.45) is -2.69. The largest absolute Gasteiger partial charge is 0.573 e. The van der Waals surface area contributed by atoms with Crippen LogP contribution in [0.3, 0.4) is 0 Å². The minimum absolute atomic E-state index is 0.104. The van der Waals surface area contributed by atoms with E-state index in [-0.39, 0.29) is 12.3 Å². The lowest BCUT2D eigenvalue weighted by Crippen LogP contribution is -2.49. The topological polar surface area (TPSA) is 48.9 Å². The minimum atomic E-state index is -4.72. The third kappa shape index (κ3) is 7.28. The summed E-state index contributed by atoms with van der Waals surface area (Å²) < 4.78 is 41.7. The molecule has 5 nitrogen and oxygen atoms in total. The Kier molecular flexibility index (Phi) is 7.77. The maximum Gasteiger partial charge on any atom is 0.573 e. The van der Waals surface area contributed by atoms with Crippen molar-refractivity contribution in [1.82, 2.24) is 15.5 Å². The van der Waals surface area contributed by atoms with E-state index in [0.717, 1.165) is 25.9 Å². The first-order chi connectivity index (χ1) is 12.8. The van der Waals surface area contributed by atoms with Gasteiger partial charge in [-0.25, -0.2) is 4.99 Å². The molecule has 2 N–H and O–H groups in total. The number of hydrogen-bond acceptors (Lipinski definition) is 3. The van der Waals surface area contributed by atoms with Crippen LogP contribution in [-0.2, 0) is 6.54 Å². The van der Waals surface area contributed by atoms with Crippen LogP contribution < -0.4 is 15.4 Å². The molecular formula is C19H29F3N4O. The number of rotatable bonds is 6. The fourth-order valence-corrected chi connectivity index (χ4v) is 3.10. The Bertz CT molecular complexity index is 611. The summed E-state index contributed by atoms with van der Waals surface area (Å²) in [5.74, 6) is 0.400. The van der Waals surface area contributed by atoms with Gasteiger partial charge in [-0.1, -0.05) is 18.2 Å². The summed E-state index contributed by atoms with van der Waals surface area (Å²) in [4.78, 5) is 6.89. The van der Waals surface area contributed by atoms with Crippen molar-refractivity contribution < 1.29 is 17.9 Å². The minimum Gasteiger partial charge on any atom is -0.405 e. The molecule has 0 aliphatic carbocycles. The summed E-state index contributed by atoms with van der Waals surface area (Å²) in [5.41, 5.74) is 0.390. The van der Waals surface area contributed by atoms with Crippen molar-refractivity contribution in [2.75, 3.05) is 19.6 Å². The molecule has 2 rings (SSSR count). The highest BCUT2D eigenvalue weighted by molar-refractivity contribution is 5.80. The van der Waals surface area contributed by atoms with E-state index in [2.05, 4.69) is 39.1 Å². The molecule has 0 bridgehead atoms. The maximum absolute atomic E-state index is 12.6. The van der Waals surface area contributed by atoms with Crippen LogP contribution >= 0.6 is 0 Å². The summed E-state index contributed by atoms with van der Waals surface area (Å²) >= 11 is 0. The number of piperidine rings is 1. The Morgan fingerprint density at radius 3 is 2.52 bits per heavy atom. The summed E-state index contributed by atoms with van der Waals surface area (Å²) in [7, 11) is 0. The Morgan fingerprint density at radius 1 is 1.26 bits per heavy atom. The van der Waals surface area contributed by atoms with Crippen molar-refractivity contribution in [2.24, 2.45) is 4.99 Å². The van der Waals surface area contributed by atoms with Crippen molar-refractivity contribution in [2.45, 2.75) is 58.6 Å². The van der Waals surface area contributed by atoms with Crippen molar-refractivity contribution in [3.63, 3.8) is 0 Å². The van der Waals surface area contributed by atoms with E-state index in [4.69, 9.17) is 0 Å². The first kappa shape index (κ1) is 21.3. The van der Waals surface area contributed by atoms with Crippen LogP contribution in [0.1, 0.15) is 39.2 Å². The zero-order valence-corrected chi connectivity index (χ0v) is 16.1. The van der Waals surface area contributed by atoms with Crippen LogP contribution in [0.2, 0.25) is 0 Å². The Morgan fingerprint density at radius 2 is 1.93 bits per heavy atom. The third-order valence-corrected chi connectivity index (χ3v) is 4.55. The fourth-order valence-electron chi connectivity index (χ4n) is 3.10. The number of guanidine groups is 1. The molecule has 27 heavy (non-hydrogen) atoms. The number of para-hydroxylation sites is 1. The van der Waals surface area contributed by atoms with Crippen LogP contribution in [0.15, 0.2) is 29.3 Å². The van der Waals surface area contributed by atoms with E-state index in [0.29, 0.717) is 30.2 Å². The number of benzene rings is 1. The maximum atomic E-state index is 12.6. The van der Waals surface area contributed by atoms with Gasteiger partial charge >= 0.3 is 6.36 Å². The first-order valence-electron chi connectivity index (χ1n) is 9.41. The molecule has 1 saturated heterocycles. The zero-order chi connectivity index (χ0) is 19.9. The normalized spacial score (nSPS) is 17.2. The van der Waals surface area contributed by atoms with Gasteiger partial charge in [0, 0.05) is 37.3 Å². The molecule has 1 aromatic carbocycles. The van der Waals surface area contributed by atoms with Gasteiger partial charge in [-0.3, -0.25) is 0 Å². The van der Waals surface area contributed by atoms with Crippen molar-refractivity contribution in [3.8, 4) is 5.75 Å². The number of nitrogens with one attached hydrogen (secondary N) is 2. The molecule has 0 radical (unpaired) electrons. The third-order valence-electron chi connectivity index (χ3n) is 4.55. The van der Waals surface area contributed by atoms with Crippen LogP contribution in [0.4, 0.5) is 13.2 Å². The van der Waals surface area contributed by atoms with Gasteiger partial charge in [-0.15, -0.1) is 13.2 Å². The Hall–Kier alpha value is -1.96. The lowest BCUT2D eigenvalue weighted by Gasteiger charge is -2.35. The van der Waals surface area contributed by atoms with Crippen LogP contribution in [0.25, 0.3) is 0 Å². The van der Waals surface area contributed by atoms with Gasteiger partial charge in [-0.2, -0.15) is 0 Å². The number of hydrogen-bond donors (Lipinski definition) is 2. The van der Waals surface area contributed by atoms with Gasteiger partial charge in [0.1, 0.15) is 5.75 Å². The molecule has 1 heterocycles. The van der Waals surface area contributed by atoms with Gasteiger partial charge in [0.15, 0.2) is 5.96 Å². The summed E-state index contributed by atoms with van der Waals surface area (Å²) in [5, 5.41) is 6.57. The summed E-state index contributed by atoms with van der Waals surface area (Å²) in [6, 6.07) is 6.93. The molecule has 0 saturated carbocycles. The molecular weight excluding hydrogens is 357 g/mol. The van der Waals surface area contributed by atoms with Gasteiger partial charge in [-0.05, 0) is 39.7 Å². The zero-order valence-electron chi connectivity index (χ0n) is 16.1. The quantitative estimate of drug-likeness (QED) is 0.580. The molecule has 1 fully saturated rings. The highest BCUT2D eigenvalue weighted by atomic mass is 19.4. The standard InChI is InChI=1S/C19H29F3N4O/c1-4-23-18(25-16-9-11-26(12-10-16)14(2)3)24-13-15-7-5-6-8-17(15)27-19(20,21)22/h5-8,14,16H,4,9-13H2,1-3H3,(H2,23,24,25). The first-order valence-corrected chi connectivity index (χ1v) is 9.41. The predicted octanol–water partition coefficient (Wildman–Crippen LogP) is 3.51. The smallest absolute Gasteiger partial charge is 0.405 e. The number of alkyl halides is 3. The van der Waals surface area contributed by atoms with Crippen LogP contribution in [-0.4, -0.2) is 48.9 Å². The van der Waals surface area contributed by atoms with E-state index in [9.17, 15) is 13.2 Å². The SMILES string of the molecule is CCNC(=NCc1ccccc1OC(F)(F)F)NC1CCN(C(C)C)CC1. The Labute approximate surface area is 159 Å². The van der Waals surface area contributed by atoms with Gasteiger partial charge in [0.2, 0.25) is 0 Å². The second-order valence-corrected chi connectivity index (χ2v) is 6.90. The Balaban J connectivity index is 2.00. The van der Waals surface area contributed by atoms with Gasteiger partial charge in [0.25, 0.3) is 0 Å². The van der Waals surface area contributed by atoms with Crippen molar-refractivity contribution in [3.05, 3.63) is 29.8 Å². The number of likely N-dealkylation sites (tertiary alicyclic amines) is 1. The fraction of sp³-hybridized carbons (Fsp3) is 0.632. The molecule has 1 aliphatic rings. The van der Waals surface area contributed by atoms with Crippen molar-refractivity contribution in [1.29, 1.82) is 0 Å². The molecule has 0 unspecified atom stereocenters. The second kappa shape index (κ2) is 9.82. The van der Waals surface area contributed by atoms with E-state index in [1.165, 1.54) is 12.1 Å². The molecule has 0 spiro atoms. The molecule has 8 heteroatoms. The molecule has 1 aliphatic heterocycles. The van der Waals surface area contributed by atoms with E-state index >= 15 is 0 Å². The average Bonchev–Trinajstić information content (AvgIpc) is 2.60. The highest BCUT2D eigenvalue weighted by Crippen LogP contribution is 2.26. The number of ether oxygens (including phenoxy) is 1. The predicted molar refractivity (Wildman–Crippen MR) is 101 cm³/mol. The molecule has 152 valence electrons.